The summed E-state index contributed by atoms with van der Waals surface area (Å²) in [6.07, 6.45) is 0.297. The van der Waals surface area contributed by atoms with Crippen molar-refractivity contribution in [2.75, 3.05) is 26.3 Å². The number of hydrogen-bond acceptors (Lipinski definition) is 4. The van der Waals surface area contributed by atoms with Crippen LogP contribution in [-0.4, -0.2) is 43.3 Å². The monoisotopic (exact) mass is 260 g/mol. The van der Waals surface area contributed by atoms with Crippen molar-refractivity contribution in [3.63, 3.8) is 0 Å². The second kappa shape index (κ2) is 6.55. The minimum atomic E-state index is 0.297. The molecule has 0 amide bonds. The van der Waals surface area contributed by atoms with Gasteiger partial charge in [0.15, 0.2) is 0 Å². The van der Waals surface area contributed by atoms with E-state index in [-0.39, 0.29) is 0 Å². The Morgan fingerprint density at radius 1 is 1.37 bits per heavy atom. The zero-order valence-corrected chi connectivity index (χ0v) is 11.5. The summed E-state index contributed by atoms with van der Waals surface area (Å²) in [6.45, 7) is 7.57. The van der Waals surface area contributed by atoms with Gasteiger partial charge in [-0.1, -0.05) is 0 Å². The van der Waals surface area contributed by atoms with Crippen molar-refractivity contribution in [2.45, 2.75) is 26.0 Å². The van der Waals surface area contributed by atoms with E-state index in [9.17, 15) is 0 Å². The number of ether oxygens (including phenoxy) is 2. The first-order valence-electron chi connectivity index (χ1n) is 6.67. The Labute approximate surface area is 114 Å². The second-order valence-electron chi connectivity index (χ2n) is 4.97. The van der Waals surface area contributed by atoms with Crippen molar-refractivity contribution in [3.8, 4) is 11.8 Å². The number of hydrogen-bond donors (Lipinski definition) is 0. The van der Waals surface area contributed by atoms with Crippen LogP contribution in [-0.2, 0) is 4.74 Å². The Balaban J connectivity index is 1.77. The highest BCUT2D eigenvalue weighted by molar-refractivity contribution is 5.34. The molecule has 2 rings (SSSR count). The normalized spacial score (nSPS) is 23.8. The summed E-state index contributed by atoms with van der Waals surface area (Å²) < 4.78 is 11.3. The average molecular weight is 260 g/mol. The van der Waals surface area contributed by atoms with E-state index >= 15 is 0 Å². The van der Waals surface area contributed by atoms with Crippen LogP contribution in [0.4, 0.5) is 0 Å². The van der Waals surface area contributed by atoms with Gasteiger partial charge in [-0.15, -0.1) is 0 Å². The molecule has 1 fully saturated rings. The van der Waals surface area contributed by atoms with Gasteiger partial charge in [0.05, 0.1) is 24.3 Å². The van der Waals surface area contributed by atoms with Crippen molar-refractivity contribution in [2.24, 2.45) is 0 Å². The van der Waals surface area contributed by atoms with Gasteiger partial charge in [0.1, 0.15) is 12.4 Å². The van der Waals surface area contributed by atoms with Gasteiger partial charge in [0.25, 0.3) is 0 Å². The summed E-state index contributed by atoms with van der Waals surface area (Å²) in [4.78, 5) is 2.39. The van der Waals surface area contributed by atoms with E-state index in [4.69, 9.17) is 14.7 Å². The first kappa shape index (κ1) is 13.9. The average Bonchev–Trinajstić information content (AvgIpc) is 2.43. The van der Waals surface area contributed by atoms with Crippen LogP contribution in [0.2, 0.25) is 0 Å². The van der Waals surface area contributed by atoms with Crippen LogP contribution < -0.4 is 4.74 Å². The van der Waals surface area contributed by atoms with E-state index in [0.29, 0.717) is 24.3 Å². The van der Waals surface area contributed by atoms with Crippen LogP contribution in [0.1, 0.15) is 19.4 Å². The van der Waals surface area contributed by atoms with E-state index in [1.165, 1.54) is 0 Å². The molecule has 1 aliphatic heterocycles. The van der Waals surface area contributed by atoms with Gasteiger partial charge in [-0.25, -0.2) is 0 Å². The highest BCUT2D eigenvalue weighted by Gasteiger charge is 2.22. The van der Waals surface area contributed by atoms with Crippen LogP contribution in [0.3, 0.4) is 0 Å². The quantitative estimate of drug-likeness (QED) is 0.831. The number of benzene rings is 1. The lowest BCUT2D eigenvalue weighted by Gasteiger charge is -2.36. The fourth-order valence-electron chi connectivity index (χ4n) is 2.19. The predicted octanol–water partition coefficient (Wildman–Crippen LogP) is 2.05. The molecule has 0 saturated carbocycles. The molecule has 1 heterocycles. The Bertz CT molecular complexity index is 438. The van der Waals surface area contributed by atoms with Crippen molar-refractivity contribution in [1.29, 1.82) is 5.26 Å². The molecule has 0 aromatic heterocycles. The second-order valence-corrected chi connectivity index (χ2v) is 4.97. The van der Waals surface area contributed by atoms with E-state index in [1.54, 1.807) is 12.1 Å². The molecule has 0 radical (unpaired) electrons. The third-order valence-electron chi connectivity index (χ3n) is 3.37. The summed E-state index contributed by atoms with van der Waals surface area (Å²) in [6, 6.07) is 9.76. The van der Waals surface area contributed by atoms with Gasteiger partial charge < -0.3 is 9.47 Å². The van der Waals surface area contributed by atoms with Crippen LogP contribution in [0, 0.1) is 11.3 Å². The molecule has 4 nitrogen and oxygen atoms in total. The summed E-state index contributed by atoms with van der Waals surface area (Å²) in [5.41, 5.74) is 0.656. The summed E-state index contributed by atoms with van der Waals surface area (Å²) >= 11 is 0. The zero-order valence-electron chi connectivity index (χ0n) is 11.5. The van der Waals surface area contributed by atoms with Crippen LogP contribution in [0.15, 0.2) is 24.3 Å². The van der Waals surface area contributed by atoms with Crippen molar-refractivity contribution in [3.05, 3.63) is 29.8 Å². The molecule has 0 unspecified atom stereocenters. The van der Waals surface area contributed by atoms with Crippen molar-refractivity contribution < 1.29 is 9.47 Å². The number of nitriles is 1. The van der Waals surface area contributed by atoms with E-state index in [2.05, 4.69) is 24.8 Å². The van der Waals surface area contributed by atoms with Crippen LogP contribution in [0.5, 0.6) is 5.75 Å². The Kier molecular flexibility index (Phi) is 4.78. The van der Waals surface area contributed by atoms with Crippen LogP contribution >= 0.6 is 0 Å². The Hall–Kier alpha value is -1.57. The SMILES string of the molecule is C[C@@H]1CN(CCOc2ccc(C#N)cc2)[C@H](C)CO1. The molecule has 19 heavy (non-hydrogen) atoms. The number of rotatable bonds is 4. The molecule has 4 heteroatoms. The number of nitrogens with zero attached hydrogens (tertiary/aromatic N) is 2. The maximum Gasteiger partial charge on any atom is 0.119 e. The molecule has 1 aromatic rings. The largest absolute Gasteiger partial charge is 0.492 e. The fourth-order valence-corrected chi connectivity index (χ4v) is 2.19. The molecule has 102 valence electrons. The maximum absolute atomic E-state index is 8.72. The molecule has 0 N–H and O–H groups in total. The number of morpholine rings is 1. The highest BCUT2D eigenvalue weighted by Crippen LogP contribution is 2.13. The van der Waals surface area contributed by atoms with Gasteiger partial charge in [-0.2, -0.15) is 5.26 Å². The zero-order chi connectivity index (χ0) is 13.7. The topological polar surface area (TPSA) is 45.5 Å². The summed E-state index contributed by atoms with van der Waals surface area (Å²) in [5.74, 6) is 0.813. The Morgan fingerprint density at radius 2 is 2.11 bits per heavy atom. The van der Waals surface area contributed by atoms with E-state index in [0.717, 1.165) is 25.4 Å². The van der Waals surface area contributed by atoms with Gasteiger partial charge in [-0.3, -0.25) is 4.90 Å². The molecule has 0 aliphatic carbocycles. The highest BCUT2D eigenvalue weighted by atomic mass is 16.5. The smallest absolute Gasteiger partial charge is 0.119 e. The third-order valence-corrected chi connectivity index (χ3v) is 3.37. The molecule has 0 spiro atoms. The lowest BCUT2D eigenvalue weighted by atomic mass is 10.2. The standard InChI is InChI=1S/C15H20N2O2/c1-12-11-19-13(2)10-17(12)7-8-18-15-5-3-14(9-16)4-6-15/h3-6,12-13H,7-8,10-11H2,1-2H3/t12-,13-/m1/s1. The predicted molar refractivity (Wildman–Crippen MR) is 73.1 cm³/mol. The van der Waals surface area contributed by atoms with Gasteiger partial charge in [-0.05, 0) is 38.1 Å². The van der Waals surface area contributed by atoms with Crippen LogP contribution in [0.25, 0.3) is 0 Å². The lowest BCUT2D eigenvalue weighted by molar-refractivity contribution is -0.0522. The molecule has 0 bridgehead atoms. The third kappa shape index (κ3) is 3.95. The lowest BCUT2D eigenvalue weighted by Crippen LogP contribution is -2.48. The minimum Gasteiger partial charge on any atom is -0.492 e. The molecule has 1 aromatic carbocycles. The Morgan fingerprint density at radius 3 is 2.79 bits per heavy atom. The minimum absolute atomic E-state index is 0.297. The fraction of sp³-hybridized carbons (Fsp3) is 0.533. The van der Waals surface area contributed by atoms with E-state index < -0.39 is 0 Å². The molecular weight excluding hydrogens is 240 g/mol. The molecule has 1 aliphatic rings. The van der Waals surface area contributed by atoms with Crippen molar-refractivity contribution >= 4 is 0 Å². The molecular formula is C15H20N2O2. The molecule has 1 saturated heterocycles. The van der Waals surface area contributed by atoms with Gasteiger partial charge in [0, 0.05) is 19.1 Å². The first-order chi connectivity index (χ1) is 9.19. The van der Waals surface area contributed by atoms with Crippen molar-refractivity contribution in [1.82, 2.24) is 4.90 Å². The first-order valence-corrected chi connectivity index (χ1v) is 6.67. The maximum atomic E-state index is 8.72. The molecule has 2 atom stereocenters. The van der Waals surface area contributed by atoms with Gasteiger partial charge >= 0.3 is 0 Å². The van der Waals surface area contributed by atoms with E-state index in [1.807, 2.05) is 12.1 Å². The summed E-state index contributed by atoms with van der Waals surface area (Å²) in [7, 11) is 0. The van der Waals surface area contributed by atoms with Gasteiger partial charge in [0.2, 0.25) is 0 Å². The summed E-state index contributed by atoms with van der Waals surface area (Å²) in [5, 5.41) is 8.72.